The highest BCUT2D eigenvalue weighted by Gasteiger charge is 2.14. The van der Waals surface area contributed by atoms with E-state index in [0.29, 0.717) is 6.54 Å². The van der Waals surface area contributed by atoms with Gasteiger partial charge >= 0.3 is 0 Å². The molecule has 1 heterocycles. The Morgan fingerprint density at radius 1 is 1.39 bits per heavy atom. The molecule has 0 spiro atoms. The second-order valence-electron chi connectivity index (χ2n) is 4.61. The normalized spacial score (nSPS) is 10.8. The molecule has 0 bridgehead atoms. The van der Waals surface area contributed by atoms with Gasteiger partial charge in [-0.15, -0.1) is 0 Å². The van der Waals surface area contributed by atoms with Crippen LogP contribution in [0.15, 0.2) is 16.7 Å². The number of nitrogens with one attached hydrogen (secondary N) is 1. The summed E-state index contributed by atoms with van der Waals surface area (Å²) in [4.78, 5) is 11.7. The zero-order valence-corrected chi connectivity index (χ0v) is 11.0. The van der Waals surface area contributed by atoms with Gasteiger partial charge in [0.2, 0.25) is 5.91 Å². The number of fused-ring (bicyclic) bond motifs is 1. The van der Waals surface area contributed by atoms with Crippen molar-refractivity contribution < 1.29 is 9.32 Å². The Kier molecular flexibility index (Phi) is 3.65. The molecule has 1 aromatic carbocycles. The summed E-state index contributed by atoms with van der Waals surface area (Å²) in [5.74, 6) is -0.00738. The molecule has 18 heavy (non-hydrogen) atoms. The maximum atomic E-state index is 11.7. The lowest BCUT2D eigenvalue weighted by Crippen LogP contribution is -2.25. The molecule has 4 nitrogen and oxygen atoms in total. The maximum Gasteiger partial charge on any atom is 0.226 e. The number of carbonyl (C=O) groups excluding carboxylic acids is 1. The van der Waals surface area contributed by atoms with Crippen LogP contribution in [-0.2, 0) is 11.2 Å². The fraction of sp³-hybridized carbons (Fsp3) is 0.429. The van der Waals surface area contributed by atoms with Crippen LogP contribution in [0.5, 0.6) is 0 Å². The number of aryl methyl sites for hydroxylation is 2. The lowest BCUT2D eigenvalue weighted by atomic mass is 10.0. The first-order valence-electron chi connectivity index (χ1n) is 6.24. The van der Waals surface area contributed by atoms with Crippen molar-refractivity contribution in [2.75, 3.05) is 6.54 Å². The van der Waals surface area contributed by atoms with Crippen molar-refractivity contribution in [2.24, 2.45) is 0 Å². The summed E-state index contributed by atoms with van der Waals surface area (Å²) in [5, 5.41) is 7.82. The largest absolute Gasteiger partial charge is 0.356 e. The van der Waals surface area contributed by atoms with Gasteiger partial charge in [-0.2, -0.15) is 0 Å². The molecular formula is C14H18N2O2. The van der Waals surface area contributed by atoms with E-state index in [1.54, 1.807) is 0 Å². The zero-order chi connectivity index (χ0) is 13.1. The van der Waals surface area contributed by atoms with Crippen LogP contribution in [0.1, 0.15) is 30.2 Å². The molecule has 0 radical (unpaired) electrons. The Bertz CT molecular complexity index is 572. The Labute approximate surface area is 106 Å². The van der Waals surface area contributed by atoms with Crippen molar-refractivity contribution >= 4 is 16.9 Å². The van der Waals surface area contributed by atoms with Crippen LogP contribution in [0, 0.1) is 13.8 Å². The highest BCUT2D eigenvalue weighted by molar-refractivity contribution is 5.88. The second kappa shape index (κ2) is 5.21. The van der Waals surface area contributed by atoms with E-state index in [9.17, 15) is 4.79 Å². The van der Waals surface area contributed by atoms with Gasteiger partial charge < -0.3 is 9.84 Å². The van der Waals surface area contributed by atoms with E-state index in [2.05, 4.69) is 16.5 Å². The fourth-order valence-electron chi connectivity index (χ4n) is 2.12. The SMILES string of the molecule is CCCNC(=O)Cc1noc2cc(C)cc(C)c12. The lowest BCUT2D eigenvalue weighted by Gasteiger charge is -2.02. The van der Waals surface area contributed by atoms with Gasteiger partial charge in [-0.3, -0.25) is 4.79 Å². The average Bonchev–Trinajstić information content (AvgIpc) is 2.69. The molecule has 0 aliphatic rings. The van der Waals surface area contributed by atoms with E-state index in [0.717, 1.165) is 34.2 Å². The van der Waals surface area contributed by atoms with Gasteiger partial charge in [0, 0.05) is 11.9 Å². The van der Waals surface area contributed by atoms with Gasteiger partial charge in [0.15, 0.2) is 5.58 Å². The van der Waals surface area contributed by atoms with Gasteiger partial charge in [-0.05, 0) is 37.5 Å². The van der Waals surface area contributed by atoms with Crippen molar-refractivity contribution in [3.05, 3.63) is 29.0 Å². The summed E-state index contributed by atoms with van der Waals surface area (Å²) in [6, 6.07) is 4.02. The second-order valence-corrected chi connectivity index (χ2v) is 4.61. The molecule has 1 amide bonds. The monoisotopic (exact) mass is 246 g/mol. The third-order valence-corrected chi connectivity index (χ3v) is 2.89. The number of benzene rings is 1. The highest BCUT2D eigenvalue weighted by Crippen LogP contribution is 2.24. The number of hydrogen-bond acceptors (Lipinski definition) is 3. The van der Waals surface area contributed by atoms with Gasteiger partial charge in [0.25, 0.3) is 0 Å². The molecule has 0 unspecified atom stereocenters. The van der Waals surface area contributed by atoms with Crippen molar-refractivity contribution in [2.45, 2.75) is 33.6 Å². The van der Waals surface area contributed by atoms with Crippen LogP contribution in [0.3, 0.4) is 0 Å². The maximum absolute atomic E-state index is 11.7. The minimum Gasteiger partial charge on any atom is -0.356 e. The number of aromatic nitrogens is 1. The first-order chi connectivity index (χ1) is 8.61. The molecule has 2 rings (SSSR count). The minimum absolute atomic E-state index is 0.00738. The van der Waals surface area contributed by atoms with E-state index in [1.807, 2.05) is 26.8 Å². The molecule has 1 aromatic heterocycles. The van der Waals surface area contributed by atoms with E-state index >= 15 is 0 Å². The van der Waals surface area contributed by atoms with Crippen molar-refractivity contribution in [1.82, 2.24) is 10.5 Å². The molecule has 1 N–H and O–H groups in total. The van der Waals surface area contributed by atoms with E-state index in [-0.39, 0.29) is 12.3 Å². The number of amides is 1. The van der Waals surface area contributed by atoms with E-state index < -0.39 is 0 Å². The van der Waals surface area contributed by atoms with Crippen LogP contribution in [0.25, 0.3) is 11.0 Å². The third kappa shape index (κ3) is 2.53. The quantitative estimate of drug-likeness (QED) is 0.901. The predicted molar refractivity (Wildman–Crippen MR) is 70.5 cm³/mol. The summed E-state index contributed by atoms with van der Waals surface area (Å²) in [7, 11) is 0. The first-order valence-corrected chi connectivity index (χ1v) is 6.24. The van der Waals surface area contributed by atoms with Crippen molar-refractivity contribution in [1.29, 1.82) is 0 Å². The smallest absolute Gasteiger partial charge is 0.226 e. The molecule has 4 heteroatoms. The topological polar surface area (TPSA) is 55.1 Å². The summed E-state index contributed by atoms with van der Waals surface area (Å²) in [5.41, 5.74) is 3.71. The Balaban J connectivity index is 2.27. The van der Waals surface area contributed by atoms with Gasteiger partial charge in [0.05, 0.1) is 6.42 Å². The summed E-state index contributed by atoms with van der Waals surface area (Å²) >= 11 is 0. The molecule has 0 aliphatic heterocycles. The van der Waals surface area contributed by atoms with Crippen LogP contribution >= 0.6 is 0 Å². The summed E-state index contributed by atoms with van der Waals surface area (Å²) < 4.78 is 5.29. The Morgan fingerprint density at radius 3 is 2.89 bits per heavy atom. The van der Waals surface area contributed by atoms with Gasteiger partial charge in [-0.1, -0.05) is 18.1 Å². The van der Waals surface area contributed by atoms with Gasteiger partial charge in [0.1, 0.15) is 5.69 Å². The number of carbonyl (C=O) groups is 1. The fourth-order valence-corrected chi connectivity index (χ4v) is 2.12. The molecular weight excluding hydrogens is 228 g/mol. The summed E-state index contributed by atoms with van der Waals surface area (Å²) in [6.07, 6.45) is 1.21. The van der Waals surface area contributed by atoms with Crippen LogP contribution in [-0.4, -0.2) is 17.6 Å². The predicted octanol–water partition coefficient (Wildman–Crippen LogP) is 2.51. The number of hydrogen-bond donors (Lipinski definition) is 1. The van der Waals surface area contributed by atoms with Crippen LogP contribution in [0.2, 0.25) is 0 Å². The van der Waals surface area contributed by atoms with Crippen molar-refractivity contribution in [3.63, 3.8) is 0 Å². The zero-order valence-electron chi connectivity index (χ0n) is 11.0. The van der Waals surface area contributed by atoms with E-state index in [1.165, 1.54) is 0 Å². The lowest BCUT2D eigenvalue weighted by molar-refractivity contribution is -0.120. The average molecular weight is 246 g/mol. The number of nitrogens with zero attached hydrogens (tertiary/aromatic N) is 1. The third-order valence-electron chi connectivity index (χ3n) is 2.89. The Morgan fingerprint density at radius 2 is 2.17 bits per heavy atom. The van der Waals surface area contributed by atoms with Crippen LogP contribution < -0.4 is 5.32 Å². The molecule has 0 saturated carbocycles. The molecule has 0 saturated heterocycles. The van der Waals surface area contributed by atoms with Crippen LogP contribution in [0.4, 0.5) is 0 Å². The molecule has 0 aliphatic carbocycles. The molecule has 0 atom stereocenters. The Hall–Kier alpha value is -1.84. The van der Waals surface area contributed by atoms with Gasteiger partial charge in [-0.25, -0.2) is 0 Å². The molecule has 96 valence electrons. The van der Waals surface area contributed by atoms with E-state index in [4.69, 9.17) is 4.52 Å². The first kappa shape index (κ1) is 12.6. The number of rotatable bonds is 4. The minimum atomic E-state index is -0.00738. The highest BCUT2D eigenvalue weighted by atomic mass is 16.5. The molecule has 2 aromatic rings. The summed E-state index contributed by atoms with van der Waals surface area (Å²) in [6.45, 7) is 6.76. The standard InChI is InChI=1S/C14H18N2O2/c1-4-5-15-13(17)8-11-14-10(3)6-9(2)7-12(14)18-16-11/h6-7H,4-5,8H2,1-3H3,(H,15,17). The van der Waals surface area contributed by atoms with Crippen molar-refractivity contribution in [3.8, 4) is 0 Å². The molecule has 0 fully saturated rings.